The van der Waals surface area contributed by atoms with Crippen molar-refractivity contribution in [3.05, 3.63) is 29.8 Å². The van der Waals surface area contributed by atoms with Crippen LogP contribution in [-0.4, -0.2) is 17.7 Å². The third-order valence-corrected chi connectivity index (χ3v) is 2.26. The molecule has 68 valence electrons. The Hall–Kier alpha value is -1.51. The molecule has 1 aliphatic rings. The zero-order valence-electron chi connectivity index (χ0n) is 7.06. The fraction of sp³-hybridized carbons (Fsp3) is 0.300. The first-order chi connectivity index (χ1) is 6.29. The van der Waals surface area contributed by atoms with E-state index < -0.39 is 11.9 Å². The fourth-order valence-corrected chi connectivity index (χ4v) is 1.60. The van der Waals surface area contributed by atoms with Gasteiger partial charge >= 0.3 is 5.97 Å². The highest BCUT2D eigenvalue weighted by atomic mass is 16.5. The number of hydrogen-bond donors (Lipinski definition) is 1. The Kier molecular flexibility index (Phi) is 1.93. The maximum Gasteiger partial charge on any atom is 0.311 e. The lowest BCUT2D eigenvalue weighted by atomic mass is 9.93. The molecule has 3 nitrogen and oxygen atoms in total. The van der Waals surface area contributed by atoms with E-state index in [1.807, 2.05) is 24.3 Å². The van der Waals surface area contributed by atoms with Crippen LogP contribution >= 0.6 is 0 Å². The molecule has 0 aromatic heterocycles. The number of benzene rings is 1. The molecule has 1 aromatic rings. The molecule has 0 amide bonds. The topological polar surface area (TPSA) is 46.5 Å². The third-order valence-electron chi connectivity index (χ3n) is 2.26. The van der Waals surface area contributed by atoms with Gasteiger partial charge in [-0.3, -0.25) is 4.79 Å². The fourth-order valence-electron chi connectivity index (χ4n) is 1.60. The molecule has 1 aliphatic heterocycles. The van der Waals surface area contributed by atoms with Crippen LogP contribution in [-0.2, 0) is 4.79 Å². The number of carboxylic acid groups (broad SMARTS) is 1. The van der Waals surface area contributed by atoms with E-state index in [0.29, 0.717) is 18.8 Å². The Balaban J connectivity index is 2.42. The van der Waals surface area contributed by atoms with E-state index in [1.54, 1.807) is 0 Å². The predicted molar refractivity (Wildman–Crippen MR) is 46.9 cm³/mol. The molecule has 1 atom stereocenters. The van der Waals surface area contributed by atoms with Crippen LogP contribution in [0.4, 0.5) is 0 Å². The molecule has 1 heterocycles. The van der Waals surface area contributed by atoms with Crippen LogP contribution in [0.15, 0.2) is 24.3 Å². The highest BCUT2D eigenvalue weighted by molar-refractivity contribution is 5.77. The van der Waals surface area contributed by atoms with Crippen molar-refractivity contribution in [2.75, 3.05) is 6.61 Å². The number of aliphatic carboxylic acids is 1. The van der Waals surface area contributed by atoms with Crippen LogP contribution in [0.3, 0.4) is 0 Å². The zero-order chi connectivity index (χ0) is 9.26. The Morgan fingerprint density at radius 1 is 1.46 bits per heavy atom. The molecule has 0 bridgehead atoms. The van der Waals surface area contributed by atoms with Gasteiger partial charge in [0.15, 0.2) is 0 Å². The van der Waals surface area contributed by atoms with Gasteiger partial charge in [0.25, 0.3) is 0 Å². The van der Waals surface area contributed by atoms with E-state index in [4.69, 9.17) is 9.84 Å². The van der Waals surface area contributed by atoms with Crippen LogP contribution < -0.4 is 4.74 Å². The van der Waals surface area contributed by atoms with Crippen molar-refractivity contribution in [1.29, 1.82) is 0 Å². The normalized spacial score (nSPS) is 20.2. The summed E-state index contributed by atoms with van der Waals surface area (Å²) in [5.74, 6) is -0.457. The second-order valence-corrected chi connectivity index (χ2v) is 3.07. The van der Waals surface area contributed by atoms with Gasteiger partial charge in [0.1, 0.15) is 5.75 Å². The summed E-state index contributed by atoms with van der Waals surface area (Å²) in [6.07, 6.45) is 0.562. The first-order valence-corrected chi connectivity index (χ1v) is 4.23. The summed E-state index contributed by atoms with van der Waals surface area (Å²) in [7, 11) is 0. The first-order valence-electron chi connectivity index (χ1n) is 4.23. The third kappa shape index (κ3) is 1.37. The summed E-state index contributed by atoms with van der Waals surface area (Å²) in [4.78, 5) is 10.9. The van der Waals surface area contributed by atoms with E-state index in [0.717, 1.165) is 5.56 Å². The minimum absolute atomic E-state index is 0.398. The van der Waals surface area contributed by atoms with E-state index in [1.165, 1.54) is 0 Å². The van der Waals surface area contributed by atoms with Crippen molar-refractivity contribution in [3.63, 3.8) is 0 Å². The largest absolute Gasteiger partial charge is 0.493 e. The van der Waals surface area contributed by atoms with Gasteiger partial charge in [-0.05, 0) is 12.5 Å². The molecule has 1 aromatic carbocycles. The summed E-state index contributed by atoms with van der Waals surface area (Å²) in [6.45, 7) is 0.494. The molecular weight excluding hydrogens is 168 g/mol. The SMILES string of the molecule is O=C(O)[C@@H]1CCOc2ccccc21. The molecule has 0 unspecified atom stereocenters. The molecule has 0 saturated carbocycles. The average molecular weight is 178 g/mol. The number of rotatable bonds is 1. The molecule has 13 heavy (non-hydrogen) atoms. The molecule has 2 rings (SSSR count). The van der Waals surface area contributed by atoms with Crippen molar-refractivity contribution in [2.45, 2.75) is 12.3 Å². The smallest absolute Gasteiger partial charge is 0.311 e. The number of hydrogen-bond acceptors (Lipinski definition) is 2. The summed E-state index contributed by atoms with van der Waals surface area (Å²) in [5.41, 5.74) is 0.793. The monoisotopic (exact) mass is 178 g/mol. The van der Waals surface area contributed by atoms with Crippen molar-refractivity contribution < 1.29 is 14.6 Å². The number of para-hydroxylation sites is 1. The van der Waals surface area contributed by atoms with Crippen LogP contribution in [0.1, 0.15) is 17.9 Å². The van der Waals surface area contributed by atoms with Gasteiger partial charge in [-0.1, -0.05) is 18.2 Å². The van der Waals surface area contributed by atoms with Gasteiger partial charge in [-0.2, -0.15) is 0 Å². The highest BCUT2D eigenvalue weighted by Crippen LogP contribution is 2.33. The molecule has 0 fully saturated rings. The molecule has 0 aliphatic carbocycles. The molecule has 1 N–H and O–H groups in total. The quantitative estimate of drug-likeness (QED) is 0.711. The summed E-state index contributed by atoms with van der Waals surface area (Å²) in [6, 6.07) is 7.31. The Morgan fingerprint density at radius 3 is 3.00 bits per heavy atom. The van der Waals surface area contributed by atoms with Gasteiger partial charge in [0.05, 0.1) is 12.5 Å². The summed E-state index contributed by atoms with van der Waals surface area (Å²) >= 11 is 0. The van der Waals surface area contributed by atoms with Crippen molar-refractivity contribution in [3.8, 4) is 5.75 Å². The standard InChI is InChI=1S/C10H10O3/c11-10(12)8-5-6-13-9-4-2-1-3-7(8)9/h1-4,8H,5-6H2,(H,11,12)/t8-/m1/s1. The Morgan fingerprint density at radius 2 is 2.23 bits per heavy atom. The van der Waals surface area contributed by atoms with E-state index in [-0.39, 0.29) is 0 Å². The van der Waals surface area contributed by atoms with Crippen LogP contribution in [0.2, 0.25) is 0 Å². The second kappa shape index (κ2) is 3.09. The van der Waals surface area contributed by atoms with Crippen molar-refractivity contribution >= 4 is 5.97 Å². The number of carboxylic acids is 1. The van der Waals surface area contributed by atoms with Gasteiger partial charge in [0.2, 0.25) is 0 Å². The Bertz CT molecular complexity index is 333. The molecule has 0 saturated heterocycles. The minimum atomic E-state index is -0.768. The van der Waals surface area contributed by atoms with Crippen molar-refractivity contribution in [2.24, 2.45) is 0 Å². The van der Waals surface area contributed by atoms with Gasteiger partial charge in [-0.25, -0.2) is 0 Å². The lowest BCUT2D eigenvalue weighted by Crippen LogP contribution is -2.20. The lowest BCUT2D eigenvalue weighted by Gasteiger charge is -2.22. The maximum atomic E-state index is 10.9. The Labute approximate surface area is 76.0 Å². The first kappa shape index (κ1) is 8.10. The van der Waals surface area contributed by atoms with E-state index in [9.17, 15) is 4.79 Å². The maximum absolute atomic E-state index is 10.9. The van der Waals surface area contributed by atoms with E-state index >= 15 is 0 Å². The predicted octanol–water partition coefficient (Wildman–Crippen LogP) is 1.64. The van der Waals surface area contributed by atoms with Crippen LogP contribution in [0.25, 0.3) is 0 Å². The summed E-state index contributed by atoms with van der Waals surface area (Å²) < 4.78 is 5.34. The second-order valence-electron chi connectivity index (χ2n) is 3.07. The number of carbonyl (C=O) groups is 1. The highest BCUT2D eigenvalue weighted by Gasteiger charge is 2.26. The van der Waals surface area contributed by atoms with Crippen LogP contribution in [0, 0.1) is 0 Å². The zero-order valence-corrected chi connectivity index (χ0v) is 7.06. The molecular formula is C10H10O3. The number of ether oxygens (including phenoxy) is 1. The van der Waals surface area contributed by atoms with E-state index in [2.05, 4.69) is 0 Å². The summed E-state index contributed by atoms with van der Waals surface area (Å²) in [5, 5.41) is 8.93. The molecule has 0 radical (unpaired) electrons. The van der Waals surface area contributed by atoms with Crippen LogP contribution in [0.5, 0.6) is 5.75 Å². The van der Waals surface area contributed by atoms with Gasteiger partial charge < -0.3 is 9.84 Å². The molecule has 0 spiro atoms. The lowest BCUT2D eigenvalue weighted by molar-refractivity contribution is -0.139. The number of fused-ring (bicyclic) bond motifs is 1. The van der Waals surface area contributed by atoms with Crippen molar-refractivity contribution in [1.82, 2.24) is 0 Å². The minimum Gasteiger partial charge on any atom is -0.493 e. The molecule has 3 heteroatoms. The van der Waals surface area contributed by atoms with Gasteiger partial charge in [-0.15, -0.1) is 0 Å². The van der Waals surface area contributed by atoms with Gasteiger partial charge in [0, 0.05) is 5.56 Å². The average Bonchev–Trinajstić information content (AvgIpc) is 2.17.